The van der Waals surface area contributed by atoms with Crippen LogP contribution in [0.2, 0.25) is 0 Å². The van der Waals surface area contributed by atoms with Crippen LogP contribution < -0.4 is 5.32 Å². The monoisotopic (exact) mass is 361 g/mol. The average molecular weight is 361 g/mol. The molecule has 1 saturated carbocycles. The van der Waals surface area contributed by atoms with Crippen molar-refractivity contribution >= 4 is 27.4 Å². The standard InChI is InChI=1S/C20H19N5S/c1-13(24-19-17-8-9-26-20(17)22-11-21-19)14-4-6-16(7-5-14)25-10-18(23-12-25)15-2-3-15/h4-13,15H,2-3H2,1H3,(H,21,22,24). The van der Waals surface area contributed by atoms with Crippen molar-refractivity contribution in [2.75, 3.05) is 5.32 Å². The molecule has 1 fully saturated rings. The van der Waals surface area contributed by atoms with Crippen molar-refractivity contribution in [2.45, 2.75) is 31.7 Å². The van der Waals surface area contributed by atoms with Crippen molar-refractivity contribution < 1.29 is 0 Å². The predicted molar refractivity (Wildman–Crippen MR) is 105 cm³/mol. The Labute approximate surface area is 155 Å². The van der Waals surface area contributed by atoms with Crippen LogP contribution in [0.25, 0.3) is 15.9 Å². The second-order valence-corrected chi connectivity index (χ2v) is 7.69. The summed E-state index contributed by atoms with van der Waals surface area (Å²) in [5.74, 6) is 1.57. The molecule has 0 radical (unpaired) electrons. The number of rotatable bonds is 5. The number of benzene rings is 1. The molecule has 0 saturated heterocycles. The highest BCUT2D eigenvalue weighted by molar-refractivity contribution is 7.16. The van der Waals surface area contributed by atoms with E-state index in [4.69, 9.17) is 0 Å². The SMILES string of the molecule is CC(Nc1ncnc2sccc12)c1ccc(-n2cnc(C3CC3)c2)cc1. The normalized spacial score (nSPS) is 15.3. The third-order valence-corrected chi connectivity index (χ3v) is 5.73. The van der Waals surface area contributed by atoms with Crippen LogP contribution in [0.3, 0.4) is 0 Å². The van der Waals surface area contributed by atoms with Crippen molar-refractivity contribution in [3.63, 3.8) is 0 Å². The zero-order valence-corrected chi connectivity index (χ0v) is 15.3. The van der Waals surface area contributed by atoms with Gasteiger partial charge in [0.1, 0.15) is 17.0 Å². The molecule has 1 atom stereocenters. The van der Waals surface area contributed by atoms with Crippen molar-refractivity contribution in [1.29, 1.82) is 0 Å². The number of nitrogens with zero attached hydrogens (tertiary/aromatic N) is 4. The first kappa shape index (κ1) is 15.5. The third-order valence-electron chi connectivity index (χ3n) is 4.90. The van der Waals surface area contributed by atoms with E-state index in [-0.39, 0.29) is 6.04 Å². The summed E-state index contributed by atoms with van der Waals surface area (Å²) in [6.45, 7) is 2.15. The number of imidazole rings is 1. The molecule has 26 heavy (non-hydrogen) atoms. The molecule has 4 aromatic rings. The molecule has 1 N–H and O–H groups in total. The van der Waals surface area contributed by atoms with Gasteiger partial charge in [-0.25, -0.2) is 15.0 Å². The summed E-state index contributed by atoms with van der Waals surface area (Å²) in [6.07, 6.45) is 8.24. The first-order valence-corrected chi connectivity index (χ1v) is 9.75. The smallest absolute Gasteiger partial charge is 0.138 e. The van der Waals surface area contributed by atoms with Gasteiger partial charge in [-0.1, -0.05) is 12.1 Å². The van der Waals surface area contributed by atoms with Crippen LogP contribution in [-0.4, -0.2) is 19.5 Å². The van der Waals surface area contributed by atoms with Gasteiger partial charge in [0.05, 0.1) is 17.4 Å². The lowest BCUT2D eigenvalue weighted by Gasteiger charge is -2.16. The Balaban J connectivity index is 1.35. The number of nitrogens with one attached hydrogen (secondary N) is 1. The van der Waals surface area contributed by atoms with Crippen molar-refractivity contribution in [3.05, 3.63) is 65.8 Å². The van der Waals surface area contributed by atoms with Crippen molar-refractivity contribution in [3.8, 4) is 5.69 Å². The van der Waals surface area contributed by atoms with Gasteiger partial charge in [0.2, 0.25) is 0 Å². The van der Waals surface area contributed by atoms with E-state index in [2.05, 4.69) is 68.3 Å². The molecule has 5 nitrogen and oxygen atoms in total. The maximum absolute atomic E-state index is 4.53. The molecule has 1 aromatic carbocycles. The molecule has 3 heterocycles. The Morgan fingerprint density at radius 2 is 1.96 bits per heavy atom. The second-order valence-electron chi connectivity index (χ2n) is 6.80. The number of fused-ring (bicyclic) bond motifs is 1. The lowest BCUT2D eigenvalue weighted by Crippen LogP contribution is -2.08. The van der Waals surface area contributed by atoms with Gasteiger partial charge in [0.15, 0.2) is 0 Å². The summed E-state index contributed by atoms with van der Waals surface area (Å²) >= 11 is 1.63. The molecule has 3 aromatic heterocycles. The van der Waals surface area contributed by atoms with E-state index in [0.29, 0.717) is 5.92 Å². The van der Waals surface area contributed by atoms with Crippen LogP contribution in [0.4, 0.5) is 5.82 Å². The first-order chi connectivity index (χ1) is 12.8. The molecule has 0 aliphatic heterocycles. The molecule has 0 spiro atoms. The van der Waals surface area contributed by atoms with E-state index in [9.17, 15) is 0 Å². The van der Waals surface area contributed by atoms with Gasteiger partial charge in [-0.15, -0.1) is 11.3 Å². The molecular formula is C20H19N5S. The van der Waals surface area contributed by atoms with Crippen LogP contribution in [0.5, 0.6) is 0 Å². The van der Waals surface area contributed by atoms with E-state index in [1.54, 1.807) is 17.7 Å². The average Bonchev–Trinajstić information content (AvgIpc) is 3.20. The number of aromatic nitrogens is 4. The maximum atomic E-state index is 4.53. The highest BCUT2D eigenvalue weighted by atomic mass is 32.1. The number of hydrogen-bond acceptors (Lipinski definition) is 5. The van der Waals surface area contributed by atoms with Crippen LogP contribution in [0.1, 0.15) is 43.0 Å². The van der Waals surface area contributed by atoms with Gasteiger partial charge in [-0.05, 0) is 48.9 Å². The molecule has 6 heteroatoms. The summed E-state index contributed by atoms with van der Waals surface area (Å²) in [4.78, 5) is 14.3. The van der Waals surface area contributed by atoms with Gasteiger partial charge < -0.3 is 9.88 Å². The van der Waals surface area contributed by atoms with Crippen LogP contribution in [0, 0.1) is 0 Å². The number of hydrogen-bond donors (Lipinski definition) is 1. The Bertz CT molecular complexity index is 1050. The molecular weight excluding hydrogens is 342 g/mol. The van der Waals surface area contributed by atoms with Crippen molar-refractivity contribution in [1.82, 2.24) is 19.5 Å². The third kappa shape index (κ3) is 2.86. The van der Waals surface area contributed by atoms with E-state index in [1.807, 2.05) is 11.7 Å². The largest absolute Gasteiger partial charge is 0.363 e. The molecule has 130 valence electrons. The van der Waals surface area contributed by atoms with Crippen LogP contribution in [0.15, 0.2) is 54.6 Å². The highest BCUT2D eigenvalue weighted by Gasteiger charge is 2.25. The Hall–Kier alpha value is -2.73. The van der Waals surface area contributed by atoms with E-state index in [0.717, 1.165) is 21.7 Å². The second kappa shape index (κ2) is 6.21. The Morgan fingerprint density at radius 3 is 2.77 bits per heavy atom. The van der Waals surface area contributed by atoms with E-state index in [1.165, 1.54) is 24.1 Å². The zero-order chi connectivity index (χ0) is 17.5. The fourth-order valence-corrected chi connectivity index (χ4v) is 3.93. The molecule has 1 aliphatic rings. The summed E-state index contributed by atoms with van der Waals surface area (Å²) in [5.41, 5.74) is 3.58. The topological polar surface area (TPSA) is 55.6 Å². The van der Waals surface area contributed by atoms with Gasteiger partial charge in [-0.2, -0.15) is 0 Å². The van der Waals surface area contributed by atoms with E-state index < -0.39 is 0 Å². The lowest BCUT2D eigenvalue weighted by molar-refractivity contribution is 0.874. The minimum Gasteiger partial charge on any atom is -0.363 e. The molecule has 0 amide bonds. The van der Waals surface area contributed by atoms with Crippen LogP contribution >= 0.6 is 11.3 Å². The summed E-state index contributed by atoms with van der Waals surface area (Å²) in [6, 6.07) is 10.8. The summed E-state index contributed by atoms with van der Waals surface area (Å²) in [5, 5.41) is 6.63. The maximum Gasteiger partial charge on any atom is 0.138 e. The fraction of sp³-hybridized carbons (Fsp3) is 0.250. The molecule has 1 unspecified atom stereocenters. The van der Waals surface area contributed by atoms with Crippen LogP contribution in [-0.2, 0) is 0 Å². The molecule has 0 bridgehead atoms. The minimum atomic E-state index is 0.159. The van der Waals surface area contributed by atoms with E-state index >= 15 is 0 Å². The first-order valence-electron chi connectivity index (χ1n) is 8.87. The number of anilines is 1. The number of thiophene rings is 1. The van der Waals surface area contributed by atoms with Crippen molar-refractivity contribution in [2.24, 2.45) is 0 Å². The van der Waals surface area contributed by atoms with Gasteiger partial charge in [0.25, 0.3) is 0 Å². The zero-order valence-electron chi connectivity index (χ0n) is 14.5. The minimum absolute atomic E-state index is 0.159. The molecule has 5 rings (SSSR count). The quantitative estimate of drug-likeness (QED) is 0.548. The summed E-state index contributed by atoms with van der Waals surface area (Å²) in [7, 11) is 0. The predicted octanol–water partition coefficient (Wildman–Crippen LogP) is 4.93. The molecule has 1 aliphatic carbocycles. The highest BCUT2D eigenvalue weighted by Crippen LogP contribution is 2.39. The Morgan fingerprint density at radius 1 is 1.12 bits per heavy atom. The van der Waals surface area contributed by atoms with Gasteiger partial charge in [0, 0.05) is 23.8 Å². The van der Waals surface area contributed by atoms with Gasteiger partial charge in [-0.3, -0.25) is 0 Å². The summed E-state index contributed by atoms with van der Waals surface area (Å²) < 4.78 is 2.11. The Kier molecular flexibility index (Phi) is 3.71. The van der Waals surface area contributed by atoms with Gasteiger partial charge >= 0.3 is 0 Å². The lowest BCUT2D eigenvalue weighted by atomic mass is 10.1. The fourth-order valence-electron chi connectivity index (χ4n) is 3.20.